The van der Waals surface area contributed by atoms with E-state index in [1.807, 2.05) is 6.92 Å². The van der Waals surface area contributed by atoms with E-state index in [1.165, 1.54) is 0 Å². The molecule has 1 rings (SSSR count). The van der Waals surface area contributed by atoms with Crippen molar-refractivity contribution in [3.63, 3.8) is 0 Å². The Bertz CT molecular complexity index is 317. The van der Waals surface area contributed by atoms with Gasteiger partial charge < -0.3 is 10.1 Å². The maximum atomic E-state index is 10.7. The van der Waals surface area contributed by atoms with Gasteiger partial charge in [0.25, 0.3) is 0 Å². The molecule has 0 aliphatic heterocycles. The van der Waals surface area contributed by atoms with Crippen molar-refractivity contribution >= 4 is 21.9 Å². The van der Waals surface area contributed by atoms with E-state index in [2.05, 4.69) is 20.9 Å². The number of aromatic carboxylic acids is 1. The number of aromatic nitrogens is 1. The van der Waals surface area contributed by atoms with Crippen LogP contribution >= 0.6 is 15.9 Å². The van der Waals surface area contributed by atoms with E-state index in [0.717, 1.165) is 16.8 Å². The fourth-order valence-corrected chi connectivity index (χ4v) is 1.66. The molecule has 0 fully saturated rings. The zero-order valence-corrected chi connectivity index (χ0v) is 8.53. The number of hydrogen-bond acceptors (Lipinski definition) is 1. The number of aromatic amines is 1. The van der Waals surface area contributed by atoms with Gasteiger partial charge in [0.1, 0.15) is 5.69 Å². The lowest BCUT2D eigenvalue weighted by Crippen LogP contribution is -1.98. The summed E-state index contributed by atoms with van der Waals surface area (Å²) in [5.74, 6) is -0.900. The third-order valence-corrected chi connectivity index (χ3v) is 2.57. The van der Waals surface area contributed by atoms with E-state index in [-0.39, 0.29) is 0 Å². The third-order valence-electron chi connectivity index (χ3n) is 2.01. The summed E-state index contributed by atoms with van der Waals surface area (Å²) in [5, 5.41) is 9.41. The minimum Gasteiger partial charge on any atom is -0.477 e. The molecule has 1 aromatic heterocycles. The molecule has 0 spiro atoms. The standard InChI is InChI=1S/C8H10BrNO2/c1-4-5(2)7(8(11)12)10-6(4)3-9/h10H,3H2,1-2H3,(H,11,12). The molecule has 12 heavy (non-hydrogen) atoms. The van der Waals surface area contributed by atoms with Crippen LogP contribution in [0.25, 0.3) is 0 Å². The average Bonchev–Trinajstić information content (AvgIpc) is 2.30. The van der Waals surface area contributed by atoms with Gasteiger partial charge in [-0.3, -0.25) is 0 Å². The predicted octanol–water partition coefficient (Wildman–Crippen LogP) is 2.22. The molecule has 0 amide bonds. The first-order valence-corrected chi connectivity index (χ1v) is 4.67. The van der Waals surface area contributed by atoms with Crippen LogP contribution in [0.3, 0.4) is 0 Å². The fourth-order valence-electron chi connectivity index (χ4n) is 1.10. The van der Waals surface area contributed by atoms with Gasteiger partial charge in [-0.15, -0.1) is 0 Å². The highest BCUT2D eigenvalue weighted by atomic mass is 79.9. The maximum absolute atomic E-state index is 10.7. The van der Waals surface area contributed by atoms with E-state index in [9.17, 15) is 4.79 Å². The number of H-pyrrole nitrogens is 1. The molecule has 0 bridgehead atoms. The lowest BCUT2D eigenvalue weighted by atomic mass is 10.1. The molecule has 0 radical (unpaired) electrons. The Balaban J connectivity index is 3.25. The van der Waals surface area contributed by atoms with E-state index >= 15 is 0 Å². The highest BCUT2D eigenvalue weighted by molar-refractivity contribution is 9.08. The number of carboxylic acids is 1. The zero-order valence-electron chi connectivity index (χ0n) is 6.94. The number of rotatable bonds is 2. The molecule has 0 aliphatic rings. The number of hydrogen-bond donors (Lipinski definition) is 2. The summed E-state index contributed by atoms with van der Waals surface area (Å²) >= 11 is 3.28. The van der Waals surface area contributed by atoms with Crippen LogP contribution in [0.4, 0.5) is 0 Å². The summed E-state index contributed by atoms with van der Waals surface area (Å²) in [7, 11) is 0. The molecule has 0 aliphatic carbocycles. The van der Waals surface area contributed by atoms with Gasteiger partial charge >= 0.3 is 5.97 Å². The average molecular weight is 232 g/mol. The lowest BCUT2D eigenvalue weighted by molar-refractivity contribution is 0.0690. The van der Waals surface area contributed by atoms with Crippen molar-refractivity contribution in [2.75, 3.05) is 0 Å². The molecular weight excluding hydrogens is 222 g/mol. The molecule has 0 atom stereocenters. The van der Waals surface area contributed by atoms with Crippen molar-refractivity contribution in [3.8, 4) is 0 Å². The van der Waals surface area contributed by atoms with E-state index in [1.54, 1.807) is 6.92 Å². The maximum Gasteiger partial charge on any atom is 0.352 e. The lowest BCUT2D eigenvalue weighted by Gasteiger charge is -1.91. The van der Waals surface area contributed by atoms with Gasteiger partial charge in [-0.1, -0.05) is 15.9 Å². The quantitative estimate of drug-likeness (QED) is 0.768. The van der Waals surface area contributed by atoms with E-state index in [0.29, 0.717) is 11.0 Å². The van der Waals surface area contributed by atoms with Crippen LogP contribution in [0.5, 0.6) is 0 Å². The van der Waals surface area contributed by atoms with Crippen LogP contribution in [0.15, 0.2) is 0 Å². The molecule has 0 aromatic carbocycles. The molecule has 3 nitrogen and oxygen atoms in total. The van der Waals surface area contributed by atoms with Crippen LogP contribution in [0.2, 0.25) is 0 Å². The molecule has 0 saturated heterocycles. The van der Waals surface area contributed by atoms with Gasteiger partial charge in [0, 0.05) is 11.0 Å². The summed E-state index contributed by atoms with van der Waals surface area (Å²) in [6.45, 7) is 3.72. The molecule has 1 aromatic rings. The molecule has 1 heterocycles. The third kappa shape index (κ3) is 1.39. The Morgan fingerprint density at radius 1 is 1.50 bits per heavy atom. The topological polar surface area (TPSA) is 53.1 Å². The first-order valence-electron chi connectivity index (χ1n) is 3.55. The molecule has 66 valence electrons. The first-order chi connectivity index (χ1) is 5.57. The van der Waals surface area contributed by atoms with Crippen molar-refractivity contribution in [2.24, 2.45) is 0 Å². The highest BCUT2D eigenvalue weighted by Gasteiger charge is 2.14. The zero-order chi connectivity index (χ0) is 9.30. The molecule has 4 heteroatoms. The van der Waals surface area contributed by atoms with Crippen LogP contribution in [-0.4, -0.2) is 16.1 Å². The number of carboxylic acid groups (broad SMARTS) is 1. The minimum atomic E-state index is -0.900. The van der Waals surface area contributed by atoms with Crippen LogP contribution < -0.4 is 0 Å². The Labute approximate surface area is 78.9 Å². The summed E-state index contributed by atoms with van der Waals surface area (Å²) in [4.78, 5) is 13.5. The minimum absolute atomic E-state index is 0.293. The van der Waals surface area contributed by atoms with E-state index < -0.39 is 5.97 Å². The van der Waals surface area contributed by atoms with Crippen LogP contribution in [-0.2, 0) is 5.33 Å². The summed E-state index contributed by atoms with van der Waals surface area (Å²) in [6.07, 6.45) is 0. The van der Waals surface area contributed by atoms with Crippen molar-refractivity contribution in [3.05, 3.63) is 22.5 Å². The fraction of sp³-hybridized carbons (Fsp3) is 0.375. The highest BCUT2D eigenvalue weighted by Crippen LogP contribution is 2.18. The Hall–Kier alpha value is -0.770. The Kier molecular flexibility index (Phi) is 2.57. The van der Waals surface area contributed by atoms with Gasteiger partial charge in [-0.25, -0.2) is 4.79 Å². The van der Waals surface area contributed by atoms with Crippen molar-refractivity contribution in [2.45, 2.75) is 19.2 Å². The molecule has 0 unspecified atom stereocenters. The number of halogens is 1. The Morgan fingerprint density at radius 2 is 2.08 bits per heavy atom. The Morgan fingerprint density at radius 3 is 2.33 bits per heavy atom. The van der Waals surface area contributed by atoms with Crippen molar-refractivity contribution in [1.29, 1.82) is 0 Å². The van der Waals surface area contributed by atoms with Gasteiger partial charge in [-0.05, 0) is 25.0 Å². The van der Waals surface area contributed by atoms with Gasteiger partial charge in [0.05, 0.1) is 0 Å². The van der Waals surface area contributed by atoms with Crippen LogP contribution in [0, 0.1) is 13.8 Å². The van der Waals surface area contributed by atoms with Gasteiger partial charge in [-0.2, -0.15) is 0 Å². The largest absolute Gasteiger partial charge is 0.477 e. The van der Waals surface area contributed by atoms with Crippen molar-refractivity contribution in [1.82, 2.24) is 4.98 Å². The SMILES string of the molecule is Cc1c(CBr)[nH]c(C(=O)O)c1C. The normalized spacial score (nSPS) is 10.2. The van der Waals surface area contributed by atoms with Gasteiger partial charge in [0.2, 0.25) is 0 Å². The molecule has 0 saturated carbocycles. The summed E-state index contributed by atoms with van der Waals surface area (Å²) in [5.41, 5.74) is 3.06. The second-order valence-electron chi connectivity index (χ2n) is 2.67. The van der Waals surface area contributed by atoms with Crippen molar-refractivity contribution < 1.29 is 9.90 Å². The van der Waals surface area contributed by atoms with E-state index in [4.69, 9.17) is 5.11 Å². The summed E-state index contributed by atoms with van der Waals surface area (Å²) in [6, 6.07) is 0. The predicted molar refractivity (Wildman–Crippen MR) is 49.9 cm³/mol. The summed E-state index contributed by atoms with van der Waals surface area (Å²) < 4.78 is 0. The number of nitrogens with one attached hydrogen (secondary N) is 1. The van der Waals surface area contributed by atoms with Gasteiger partial charge in [0.15, 0.2) is 0 Å². The second-order valence-corrected chi connectivity index (χ2v) is 3.23. The van der Waals surface area contributed by atoms with Crippen LogP contribution in [0.1, 0.15) is 27.3 Å². The molecule has 2 N–H and O–H groups in total. The second kappa shape index (κ2) is 3.31. The smallest absolute Gasteiger partial charge is 0.352 e. The number of alkyl halides is 1. The monoisotopic (exact) mass is 231 g/mol. The number of carbonyl (C=O) groups is 1. The first kappa shape index (κ1) is 9.32. The molecular formula is C8H10BrNO2.